The van der Waals surface area contributed by atoms with Crippen LogP contribution in [0.5, 0.6) is 0 Å². The minimum atomic E-state index is -2.38. The van der Waals surface area contributed by atoms with Crippen LogP contribution in [-0.2, 0) is 16.5 Å². The van der Waals surface area contributed by atoms with E-state index in [9.17, 15) is 0 Å². The molecule has 2 aromatic rings. The van der Waals surface area contributed by atoms with E-state index in [2.05, 4.69) is 25.3 Å². The van der Waals surface area contributed by atoms with Gasteiger partial charge in [-0.3, -0.25) is 10.4 Å². The van der Waals surface area contributed by atoms with Crippen LogP contribution in [0.25, 0.3) is 0 Å². The molecule has 0 bridgehead atoms. The lowest BCUT2D eigenvalue weighted by atomic mass is 10.2. The first kappa shape index (κ1) is 18.7. The van der Waals surface area contributed by atoms with Gasteiger partial charge in [0.25, 0.3) is 0 Å². The molecule has 1 heterocycles. The third-order valence-electron chi connectivity index (χ3n) is 3.80. The second-order valence-electron chi connectivity index (χ2n) is 5.68. The molecule has 0 aromatic heterocycles. The summed E-state index contributed by atoms with van der Waals surface area (Å²) in [4.78, 5) is 0. The summed E-state index contributed by atoms with van der Waals surface area (Å²) in [5.41, 5.74) is 2.02. The molecule has 0 radical (unpaired) electrons. The predicted molar refractivity (Wildman–Crippen MR) is 111 cm³/mol. The second-order valence-corrected chi connectivity index (χ2v) is 9.38. The molecule has 0 saturated carbocycles. The Hall–Kier alpha value is -2.05. The quantitative estimate of drug-likeness (QED) is 0.435. The van der Waals surface area contributed by atoms with Gasteiger partial charge in [0.05, 0.1) is 25.6 Å². The number of hydrogen-bond acceptors (Lipinski definition) is 4. The molecule has 1 aliphatic rings. The highest BCUT2D eigenvalue weighted by Gasteiger charge is 2.27. The van der Waals surface area contributed by atoms with Crippen LogP contribution in [0.2, 0.25) is 0 Å². The molecule has 8 heteroatoms. The van der Waals surface area contributed by atoms with Crippen molar-refractivity contribution in [2.75, 3.05) is 26.3 Å². The summed E-state index contributed by atoms with van der Waals surface area (Å²) in [5, 5.41) is 15.0. The van der Waals surface area contributed by atoms with Gasteiger partial charge in [-0.25, -0.2) is 4.67 Å². The molecule has 6 nitrogen and oxygen atoms in total. The zero-order valence-electron chi connectivity index (χ0n) is 14.4. The lowest BCUT2D eigenvalue weighted by Crippen LogP contribution is -2.40. The summed E-state index contributed by atoms with van der Waals surface area (Å²) < 4.78 is 7.60. The van der Waals surface area contributed by atoms with Crippen LogP contribution < -0.4 is 10.4 Å². The number of ether oxygens (including phenoxy) is 1. The van der Waals surface area contributed by atoms with E-state index in [-0.39, 0.29) is 0 Å². The maximum Gasteiger partial charge on any atom is 0.220 e. The van der Waals surface area contributed by atoms with Crippen molar-refractivity contribution in [2.45, 2.75) is 0 Å². The molecule has 0 atom stereocenters. The van der Waals surface area contributed by atoms with Gasteiger partial charge < -0.3 is 4.74 Å². The third-order valence-corrected chi connectivity index (χ3v) is 6.95. The molecule has 26 heavy (non-hydrogen) atoms. The zero-order chi connectivity index (χ0) is 18.1. The van der Waals surface area contributed by atoms with E-state index in [0.717, 1.165) is 24.2 Å². The molecule has 2 aromatic carbocycles. The van der Waals surface area contributed by atoms with Gasteiger partial charge >= 0.3 is 0 Å². The lowest BCUT2D eigenvalue weighted by Gasteiger charge is -2.35. The summed E-state index contributed by atoms with van der Waals surface area (Å²) in [7, 11) is 0. The fourth-order valence-electron chi connectivity index (χ4n) is 2.43. The lowest BCUT2D eigenvalue weighted by molar-refractivity contribution is 0.0736. The molecule has 0 amide bonds. The molecule has 0 aliphatic carbocycles. The molecule has 3 rings (SSSR count). The van der Waals surface area contributed by atoms with Crippen LogP contribution in [0.4, 0.5) is 0 Å². The summed E-state index contributed by atoms with van der Waals surface area (Å²) in [6, 6.07) is 19.8. The molecule has 136 valence electrons. The minimum Gasteiger partial charge on any atom is -0.379 e. The van der Waals surface area contributed by atoms with Gasteiger partial charge in [0, 0.05) is 13.1 Å². The van der Waals surface area contributed by atoms with Crippen LogP contribution in [0.1, 0.15) is 11.1 Å². The highest BCUT2D eigenvalue weighted by molar-refractivity contribution is 8.11. The van der Waals surface area contributed by atoms with E-state index >= 15 is 0 Å². The van der Waals surface area contributed by atoms with Crippen molar-refractivity contribution in [3.8, 4) is 0 Å². The van der Waals surface area contributed by atoms with Crippen LogP contribution in [0.3, 0.4) is 0 Å². The second kappa shape index (κ2) is 9.59. The summed E-state index contributed by atoms with van der Waals surface area (Å²) in [6.45, 7) is 0.439. The largest absolute Gasteiger partial charge is 0.379 e. The number of morpholine rings is 1. The number of nitrogens with one attached hydrogen (secondary N) is 2. The Kier molecular flexibility index (Phi) is 6.91. The first-order chi connectivity index (χ1) is 12.8. The zero-order valence-corrected chi connectivity index (χ0v) is 16.1. The smallest absolute Gasteiger partial charge is 0.220 e. The van der Waals surface area contributed by atoms with Crippen molar-refractivity contribution in [1.29, 1.82) is 0 Å². The van der Waals surface area contributed by atoms with Crippen LogP contribution in [0.15, 0.2) is 70.9 Å². The highest BCUT2D eigenvalue weighted by atomic mass is 32.4. The maximum absolute atomic E-state index is 5.88. The Labute approximate surface area is 159 Å². The van der Waals surface area contributed by atoms with Gasteiger partial charge in [-0.1, -0.05) is 60.7 Å². The fourth-order valence-corrected chi connectivity index (χ4v) is 4.65. The normalized spacial score (nSPS) is 16.2. The number of benzene rings is 2. The number of nitrogens with zero attached hydrogens (tertiary/aromatic N) is 3. The summed E-state index contributed by atoms with van der Waals surface area (Å²) in [6.07, 6.45) is 3.54. The topological polar surface area (TPSA) is 61.2 Å². The molecular weight excluding hydrogens is 365 g/mol. The molecule has 2 N–H and O–H groups in total. The third kappa shape index (κ3) is 5.47. The molecule has 1 fully saturated rings. The average Bonchev–Trinajstić information content (AvgIpc) is 2.70. The van der Waals surface area contributed by atoms with E-state index in [1.54, 1.807) is 12.4 Å². The van der Waals surface area contributed by atoms with Crippen molar-refractivity contribution in [1.82, 2.24) is 15.1 Å². The minimum absolute atomic E-state index is 0.659. The van der Waals surface area contributed by atoms with Crippen LogP contribution in [-0.4, -0.2) is 43.4 Å². The Morgan fingerprint density at radius 1 is 0.846 bits per heavy atom. The van der Waals surface area contributed by atoms with E-state index in [4.69, 9.17) is 16.5 Å². The first-order valence-corrected chi connectivity index (χ1v) is 11.2. The van der Waals surface area contributed by atoms with Crippen LogP contribution >= 0.6 is 6.49 Å². The van der Waals surface area contributed by atoms with Gasteiger partial charge in [-0.15, -0.1) is 0 Å². The molecule has 0 spiro atoms. The van der Waals surface area contributed by atoms with Crippen molar-refractivity contribution < 1.29 is 4.74 Å². The highest BCUT2D eigenvalue weighted by Crippen LogP contribution is 2.41. The SMILES string of the molecule is S=P(N/N=C/c1ccccc1)(N/N=C/c1ccccc1)N1CCOCC1. The number of hydrazone groups is 2. The van der Waals surface area contributed by atoms with Crippen molar-refractivity contribution in [2.24, 2.45) is 10.2 Å². The summed E-state index contributed by atoms with van der Waals surface area (Å²) in [5.74, 6) is 0. The van der Waals surface area contributed by atoms with Gasteiger partial charge in [0.1, 0.15) is 0 Å². The number of rotatable bonds is 7. The van der Waals surface area contributed by atoms with Crippen LogP contribution in [0, 0.1) is 0 Å². The fraction of sp³-hybridized carbons (Fsp3) is 0.222. The van der Waals surface area contributed by atoms with Gasteiger partial charge in [-0.05, 0) is 22.9 Å². The maximum atomic E-state index is 5.88. The van der Waals surface area contributed by atoms with Crippen molar-refractivity contribution >= 4 is 30.7 Å². The van der Waals surface area contributed by atoms with Gasteiger partial charge in [0.2, 0.25) is 6.49 Å². The van der Waals surface area contributed by atoms with E-state index in [0.29, 0.717) is 13.2 Å². The number of hydrogen-bond donors (Lipinski definition) is 2. The van der Waals surface area contributed by atoms with E-state index in [1.807, 2.05) is 60.7 Å². The van der Waals surface area contributed by atoms with Gasteiger partial charge in [-0.2, -0.15) is 10.2 Å². The molecule has 0 unspecified atom stereocenters. The molecule has 1 saturated heterocycles. The Morgan fingerprint density at radius 3 is 1.77 bits per heavy atom. The average molecular weight is 387 g/mol. The first-order valence-electron chi connectivity index (χ1n) is 8.40. The molecule has 1 aliphatic heterocycles. The summed E-state index contributed by atoms with van der Waals surface area (Å²) >= 11 is 5.88. The monoisotopic (exact) mass is 387 g/mol. The van der Waals surface area contributed by atoms with E-state index in [1.165, 1.54) is 0 Å². The van der Waals surface area contributed by atoms with Gasteiger partial charge in [0.15, 0.2) is 0 Å². The van der Waals surface area contributed by atoms with E-state index < -0.39 is 6.49 Å². The Morgan fingerprint density at radius 2 is 1.31 bits per heavy atom. The van der Waals surface area contributed by atoms with Crippen molar-refractivity contribution in [3.05, 3.63) is 71.8 Å². The van der Waals surface area contributed by atoms with Crippen molar-refractivity contribution in [3.63, 3.8) is 0 Å². The standard InChI is InChI=1S/C18H22N5OPS/c26-25(23-11-13-24-14-12-23,21-19-15-17-7-3-1-4-8-17)22-20-16-18-9-5-2-6-10-18/h1-10,15-16H,11-14H2,(H2,21,22,26)/b19-15+,20-16+. The Bertz CT molecular complexity index is 723. The molecular formula is C18H22N5OPS. The Balaban J connectivity index is 1.70. The predicted octanol–water partition coefficient (Wildman–Crippen LogP) is 2.79.